The zero-order valence-corrected chi connectivity index (χ0v) is 11.1. The molecule has 0 aromatic heterocycles. The molecule has 0 aliphatic heterocycles. The van der Waals surface area contributed by atoms with E-state index in [1.165, 1.54) is 0 Å². The fourth-order valence-electron chi connectivity index (χ4n) is 1.20. The summed E-state index contributed by atoms with van der Waals surface area (Å²) in [4.78, 5) is 11.6. The molecule has 0 fully saturated rings. The van der Waals surface area contributed by atoms with Gasteiger partial charge >= 0.3 is 0 Å². The average Bonchev–Trinajstić information content (AvgIpc) is 2.30. The second kappa shape index (κ2) is 6.61. The molecule has 0 aliphatic carbocycles. The van der Waals surface area contributed by atoms with Crippen LogP contribution in [0.2, 0.25) is 5.02 Å². The highest BCUT2D eigenvalue weighted by molar-refractivity contribution is 7.84. The van der Waals surface area contributed by atoms with E-state index < -0.39 is 10.8 Å². The molecule has 1 aromatic carbocycles. The van der Waals surface area contributed by atoms with Crippen molar-refractivity contribution in [3.63, 3.8) is 0 Å². The maximum absolute atomic E-state index is 11.6. The van der Waals surface area contributed by atoms with Crippen LogP contribution in [0, 0.1) is 0 Å². The summed E-state index contributed by atoms with van der Waals surface area (Å²) in [5.74, 6) is 0.718. The van der Waals surface area contributed by atoms with E-state index in [-0.39, 0.29) is 12.3 Å². The zero-order chi connectivity index (χ0) is 12.8. The lowest BCUT2D eigenvalue weighted by molar-refractivity contribution is -0.115. The van der Waals surface area contributed by atoms with Crippen molar-refractivity contribution in [2.45, 2.75) is 13.3 Å². The van der Waals surface area contributed by atoms with Gasteiger partial charge in [-0.05, 0) is 18.2 Å². The number of carbonyl (C=O) groups is 1. The first-order valence-electron chi connectivity index (χ1n) is 5.22. The Morgan fingerprint density at radius 3 is 2.88 bits per heavy atom. The number of hydrogen-bond acceptors (Lipinski definition) is 3. The monoisotopic (exact) mass is 274 g/mol. The maximum atomic E-state index is 11.6. The maximum Gasteiger partial charge on any atom is 0.225 e. The molecule has 0 spiro atoms. The van der Waals surface area contributed by atoms with Crippen molar-refractivity contribution in [3.05, 3.63) is 23.2 Å². The highest BCUT2D eigenvalue weighted by Gasteiger charge is 2.07. The summed E-state index contributed by atoms with van der Waals surface area (Å²) in [6.45, 7) is 1.82. The lowest BCUT2D eigenvalue weighted by atomic mass is 10.2. The summed E-state index contributed by atoms with van der Waals surface area (Å²) in [5.41, 5.74) is 6.63. The molecule has 1 atom stereocenters. The number of hydrogen-bond donors (Lipinski definition) is 2. The van der Waals surface area contributed by atoms with Gasteiger partial charge in [0, 0.05) is 33.7 Å². The standard InChI is InChI=1S/C11H15ClN2O2S/c1-2-17(16)6-5-11(15)14-10-7-8(12)3-4-9(10)13/h3-4,7H,2,5-6,13H2,1H3,(H,14,15). The Morgan fingerprint density at radius 2 is 2.24 bits per heavy atom. The quantitative estimate of drug-likeness (QED) is 0.807. The second-order valence-corrected chi connectivity index (χ2v) is 5.76. The van der Waals surface area contributed by atoms with Crippen LogP contribution in [0.5, 0.6) is 0 Å². The van der Waals surface area contributed by atoms with Gasteiger partial charge in [-0.15, -0.1) is 0 Å². The number of anilines is 2. The van der Waals surface area contributed by atoms with Crippen LogP contribution in [0.3, 0.4) is 0 Å². The second-order valence-electron chi connectivity index (χ2n) is 3.46. The molecule has 0 aliphatic rings. The smallest absolute Gasteiger partial charge is 0.225 e. The highest BCUT2D eigenvalue weighted by Crippen LogP contribution is 2.22. The molecule has 17 heavy (non-hydrogen) atoms. The van der Waals surface area contributed by atoms with Crippen LogP contribution in [0.1, 0.15) is 13.3 Å². The van der Waals surface area contributed by atoms with Crippen molar-refractivity contribution in [2.24, 2.45) is 0 Å². The molecule has 3 N–H and O–H groups in total. The van der Waals surface area contributed by atoms with Crippen molar-refractivity contribution in [1.82, 2.24) is 0 Å². The highest BCUT2D eigenvalue weighted by atomic mass is 35.5. The summed E-state index contributed by atoms with van der Waals surface area (Å²) < 4.78 is 11.2. The Labute approximate surface area is 108 Å². The Hall–Kier alpha value is -1.07. The Balaban J connectivity index is 2.56. The van der Waals surface area contributed by atoms with E-state index in [1.54, 1.807) is 18.2 Å². The lowest BCUT2D eigenvalue weighted by Crippen LogP contribution is -2.16. The first kappa shape index (κ1) is 14.0. The molecule has 1 rings (SSSR count). The van der Waals surface area contributed by atoms with E-state index in [4.69, 9.17) is 17.3 Å². The van der Waals surface area contributed by atoms with E-state index in [9.17, 15) is 9.00 Å². The molecular weight excluding hydrogens is 260 g/mol. The van der Waals surface area contributed by atoms with Crippen LogP contribution in [0.15, 0.2) is 18.2 Å². The lowest BCUT2D eigenvalue weighted by Gasteiger charge is -2.08. The first-order valence-corrected chi connectivity index (χ1v) is 7.09. The number of benzene rings is 1. The van der Waals surface area contributed by atoms with E-state index in [0.29, 0.717) is 27.9 Å². The molecule has 1 unspecified atom stereocenters. The van der Waals surface area contributed by atoms with E-state index >= 15 is 0 Å². The van der Waals surface area contributed by atoms with Crippen LogP contribution in [0.25, 0.3) is 0 Å². The van der Waals surface area contributed by atoms with Gasteiger partial charge in [0.05, 0.1) is 11.4 Å². The minimum Gasteiger partial charge on any atom is -0.397 e. The van der Waals surface area contributed by atoms with E-state index in [2.05, 4.69) is 5.32 Å². The number of rotatable bonds is 5. The summed E-state index contributed by atoms with van der Waals surface area (Å²) in [6.07, 6.45) is 0.215. The SMILES string of the molecule is CCS(=O)CCC(=O)Nc1cc(Cl)ccc1N. The third-order valence-electron chi connectivity index (χ3n) is 2.17. The minimum absolute atomic E-state index is 0.208. The van der Waals surface area contributed by atoms with Crippen molar-refractivity contribution in [2.75, 3.05) is 22.6 Å². The fraction of sp³-hybridized carbons (Fsp3) is 0.364. The Bertz CT molecular complexity index is 437. The topological polar surface area (TPSA) is 72.2 Å². The Morgan fingerprint density at radius 1 is 1.53 bits per heavy atom. The summed E-state index contributed by atoms with van der Waals surface area (Å²) in [7, 11) is -0.933. The zero-order valence-electron chi connectivity index (χ0n) is 9.53. The van der Waals surface area contributed by atoms with Crippen LogP contribution in [-0.4, -0.2) is 21.6 Å². The van der Waals surface area contributed by atoms with Gasteiger partial charge in [0.25, 0.3) is 0 Å². The molecule has 1 amide bonds. The van der Waals surface area contributed by atoms with Crippen LogP contribution in [-0.2, 0) is 15.6 Å². The number of carbonyl (C=O) groups excluding carboxylic acids is 1. The van der Waals surface area contributed by atoms with Gasteiger partial charge in [0.15, 0.2) is 0 Å². The summed E-state index contributed by atoms with van der Waals surface area (Å²) >= 11 is 5.79. The number of nitrogens with one attached hydrogen (secondary N) is 1. The number of nitrogens with two attached hydrogens (primary N) is 1. The Kier molecular flexibility index (Phi) is 5.44. The predicted molar refractivity (Wildman–Crippen MR) is 72.7 cm³/mol. The molecule has 0 bridgehead atoms. The molecular formula is C11H15ClN2O2S. The molecule has 6 heteroatoms. The molecule has 0 saturated heterocycles. The van der Waals surface area contributed by atoms with E-state index in [1.807, 2.05) is 6.92 Å². The van der Waals surface area contributed by atoms with E-state index in [0.717, 1.165) is 0 Å². The number of halogens is 1. The van der Waals surface area contributed by atoms with Crippen molar-refractivity contribution in [1.29, 1.82) is 0 Å². The van der Waals surface area contributed by atoms with Gasteiger partial charge in [0.2, 0.25) is 5.91 Å². The third kappa shape index (κ3) is 4.75. The summed E-state index contributed by atoms with van der Waals surface area (Å²) in [5, 5.41) is 3.15. The van der Waals surface area contributed by atoms with Crippen LogP contribution >= 0.6 is 11.6 Å². The predicted octanol–water partition coefficient (Wildman–Crippen LogP) is 2.02. The van der Waals surface area contributed by atoms with Gasteiger partial charge in [-0.25, -0.2) is 0 Å². The first-order chi connectivity index (χ1) is 8.02. The normalized spacial score (nSPS) is 12.1. The fourth-order valence-corrected chi connectivity index (χ4v) is 2.07. The molecule has 4 nitrogen and oxygen atoms in total. The molecule has 1 aromatic rings. The molecule has 0 radical (unpaired) electrons. The van der Waals surface area contributed by atoms with Gasteiger partial charge in [0.1, 0.15) is 0 Å². The van der Waals surface area contributed by atoms with Crippen molar-refractivity contribution < 1.29 is 9.00 Å². The molecule has 0 saturated carbocycles. The largest absolute Gasteiger partial charge is 0.397 e. The number of amides is 1. The minimum atomic E-state index is -0.933. The van der Waals surface area contributed by atoms with Crippen molar-refractivity contribution >= 4 is 39.7 Å². The average molecular weight is 275 g/mol. The van der Waals surface area contributed by atoms with Crippen molar-refractivity contribution in [3.8, 4) is 0 Å². The van der Waals surface area contributed by atoms with Crippen LogP contribution in [0.4, 0.5) is 11.4 Å². The van der Waals surface area contributed by atoms with Gasteiger partial charge < -0.3 is 11.1 Å². The summed E-state index contributed by atoms with van der Waals surface area (Å²) in [6, 6.07) is 4.87. The van der Waals surface area contributed by atoms with Crippen LogP contribution < -0.4 is 11.1 Å². The molecule has 0 heterocycles. The van der Waals surface area contributed by atoms with Gasteiger partial charge in [-0.2, -0.15) is 0 Å². The molecule has 94 valence electrons. The van der Waals surface area contributed by atoms with Gasteiger partial charge in [-0.1, -0.05) is 18.5 Å². The van der Waals surface area contributed by atoms with Gasteiger partial charge in [-0.3, -0.25) is 9.00 Å². The third-order valence-corrected chi connectivity index (χ3v) is 3.71. The number of nitrogen functional groups attached to an aromatic ring is 1.